The minimum absolute atomic E-state index is 0.115. The third-order valence-electron chi connectivity index (χ3n) is 2.57. The Bertz CT molecular complexity index is 341. The van der Waals surface area contributed by atoms with Crippen molar-refractivity contribution in [3.8, 4) is 0 Å². The highest BCUT2D eigenvalue weighted by Gasteiger charge is 2.38. The Morgan fingerprint density at radius 2 is 2.21 bits per heavy atom. The Hall–Kier alpha value is -0.570. The van der Waals surface area contributed by atoms with Crippen LogP contribution in [0.5, 0.6) is 0 Å². The number of carbonyl (C=O) groups is 1. The molecule has 0 bridgehead atoms. The Balaban J connectivity index is 2.24. The third kappa shape index (κ3) is 1.65. The molecule has 1 unspecified atom stereocenters. The van der Waals surface area contributed by atoms with Crippen LogP contribution >= 0.6 is 15.9 Å². The van der Waals surface area contributed by atoms with Gasteiger partial charge in [0.15, 0.2) is 0 Å². The normalized spacial score (nSPS) is 33.9. The van der Waals surface area contributed by atoms with Gasteiger partial charge in [-0.05, 0) is 31.9 Å². The summed E-state index contributed by atoms with van der Waals surface area (Å²) in [4.78, 5) is 10.9. The van der Waals surface area contributed by atoms with Crippen molar-refractivity contribution in [3.05, 3.63) is 23.5 Å². The summed E-state index contributed by atoms with van der Waals surface area (Å²) >= 11 is 3.42. The second-order valence-corrected chi connectivity index (χ2v) is 6.04. The molecule has 0 aromatic rings. The number of allylic oxidation sites excluding steroid dienone is 2. The zero-order valence-corrected chi connectivity index (χ0v) is 9.93. The first-order chi connectivity index (χ1) is 6.44. The van der Waals surface area contributed by atoms with Crippen LogP contribution in [0.2, 0.25) is 0 Å². The maximum atomic E-state index is 10.9. The van der Waals surface area contributed by atoms with Gasteiger partial charge in [0.25, 0.3) is 0 Å². The molecule has 0 saturated carbocycles. The van der Waals surface area contributed by atoms with E-state index in [0.717, 1.165) is 24.9 Å². The number of halogens is 1. The molecule has 1 atom stereocenters. The Morgan fingerprint density at radius 1 is 1.50 bits per heavy atom. The van der Waals surface area contributed by atoms with Crippen LogP contribution < -0.4 is 0 Å². The molecule has 0 aromatic carbocycles. The Kier molecular flexibility index (Phi) is 2.11. The molecule has 0 amide bonds. The van der Waals surface area contributed by atoms with E-state index in [1.807, 2.05) is 12.2 Å². The first kappa shape index (κ1) is 9.97. The average Bonchev–Trinajstić information content (AvgIpc) is 2.38. The molecule has 0 aromatic heterocycles. The van der Waals surface area contributed by atoms with E-state index in [0.29, 0.717) is 0 Å². The maximum Gasteiger partial charge on any atom is 0.140 e. The van der Waals surface area contributed by atoms with Gasteiger partial charge in [0.2, 0.25) is 0 Å². The fraction of sp³-hybridized carbons (Fsp3) is 0.545. The number of aldehydes is 1. The number of rotatable bonds is 1. The Labute approximate surface area is 92.1 Å². The van der Waals surface area contributed by atoms with Gasteiger partial charge in [0.1, 0.15) is 22.0 Å². The fourth-order valence-electron chi connectivity index (χ4n) is 1.99. The molecule has 14 heavy (non-hydrogen) atoms. The molecule has 0 N–H and O–H groups in total. The van der Waals surface area contributed by atoms with Crippen molar-refractivity contribution in [2.24, 2.45) is 0 Å². The SMILES string of the molecule is CC1(C)CC2=C(C=CC(Br)(C=O)C2)O1. The molecule has 0 fully saturated rings. The number of hydrogen-bond acceptors (Lipinski definition) is 2. The lowest BCUT2D eigenvalue weighted by Crippen LogP contribution is -2.22. The summed E-state index contributed by atoms with van der Waals surface area (Å²) in [6.07, 6.45) is 6.34. The van der Waals surface area contributed by atoms with Gasteiger partial charge in [0.05, 0.1) is 0 Å². The third-order valence-corrected chi connectivity index (χ3v) is 3.30. The number of alkyl halides is 1. The first-order valence-corrected chi connectivity index (χ1v) is 5.49. The molecule has 1 aliphatic carbocycles. The summed E-state index contributed by atoms with van der Waals surface area (Å²) in [6.45, 7) is 4.13. The van der Waals surface area contributed by atoms with Crippen molar-refractivity contribution < 1.29 is 9.53 Å². The van der Waals surface area contributed by atoms with Crippen LogP contribution in [0, 0.1) is 0 Å². The number of ether oxygens (including phenoxy) is 1. The van der Waals surface area contributed by atoms with Gasteiger partial charge in [-0.25, -0.2) is 0 Å². The minimum Gasteiger partial charge on any atom is -0.488 e. The lowest BCUT2D eigenvalue weighted by molar-refractivity contribution is -0.108. The summed E-state index contributed by atoms with van der Waals surface area (Å²) < 4.78 is 5.24. The van der Waals surface area contributed by atoms with Gasteiger partial charge in [-0.2, -0.15) is 0 Å². The standard InChI is InChI=1S/C11H13BrO2/c1-10(2)5-8-6-11(12,7-13)4-3-9(8)14-10/h3-4,7H,5-6H2,1-2H3. The van der Waals surface area contributed by atoms with Crippen molar-refractivity contribution in [1.82, 2.24) is 0 Å². The summed E-state index contributed by atoms with van der Waals surface area (Å²) in [6, 6.07) is 0. The van der Waals surface area contributed by atoms with Crippen LogP contribution in [-0.4, -0.2) is 16.2 Å². The molecule has 2 aliphatic rings. The van der Waals surface area contributed by atoms with E-state index in [-0.39, 0.29) is 5.60 Å². The molecule has 3 heteroatoms. The molecular weight excluding hydrogens is 244 g/mol. The van der Waals surface area contributed by atoms with E-state index in [4.69, 9.17) is 4.74 Å². The molecule has 1 heterocycles. The maximum absolute atomic E-state index is 10.9. The van der Waals surface area contributed by atoms with Crippen LogP contribution in [0.25, 0.3) is 0 Å². The molecule has 0 spiro atoms. The second kappa shape index (κ2) is 2.96. The fourth-order valence-corrected chi connectivity index (χ4v) is 2.46. The molecule has 2 nitrogen and oxygen atoms in total. The smallest absolute Gasteiger partial charge is 0.140 e. The average molecular weight is 257 g/mol. The molecular formula is C11H13BrO2. The van der Waals surface area contributed by atoms with Crippen molar-refractivity contribution in [3.63, 3.8) is 0 Å². The number of carbonyl (C=O) groups excluding carboxylic acids is 1. The zero-order chi connectivity index (χ0) is 10.4. The Morgan fingerprint density at radius 3 is 2.86 bits per heavy atom. The van der Waals surface area contributed by atoms with Gasteiger partial charge in [0, 0.05) is 6.42 Å². The van der Waals surface area contributed by atoms with E-state index >= 15 is 0 Å². The van der Waals surface area contributed by atoms with E-state index in [9.17, 15) is 4.79 Å². The van der Waals surface area contributed by atoms with Gasteiger partial charge in [-0.15, -0.1) is 0 Å². The quantitative estimate of drug-likeness (QED) is 0.533. The van der Waals surface area contributed by atoms with Crippen molar-refractivity contribution in [2.75, 3.05) is 0 Å². The highest BCUT2D eigenvalue weighted by atomic mass is 79.9. The molecule has 76 valence electrons. The van der Waals surface area contributed by atoms with Crippen LogP contribution in [0.4, 0.5) is 0 Å². The van der Waals surface area contributed by atoms with Crippen LogP contribution in [0.15, 0.2) is 23.5 Å². The summed E-state index contributed by atoms with van der Waals surface area (Å²) in [5.74, 6) is 0.951. The van der Waals surface area contributed by atoms with Gasteiger partial charge in [-0.3, -0.25) is 0 Å². The van der Waals surface area contributed by atoms with E-state index in [2.05, 4.69) is 29.8 Å². The van der Waals surface area contributed by atoms with Gasteiger partial charge < -0.3 is 9.53 Å². The van der Waals surface area contributed by atoms with Crippen LogP contribution in [-0.2, 0) is 9.53 Å². The minimum atomic E-state index is -0.504. The molecule has 0 radical (unpaired) electrons. The molecule has 0 saturated heterocycles. The highest BCUT2D eigenvalue weighted by molar-refractivity contribution is 9.10. The highest BCUT2D eigenvalue weighted by Crippen LogP contribution is 2.43. The van der Waals surface area contributed by atoms with Crippen LogP contribution in [0.1, 0.15) is 26.7 Å². The van der Waals surface area contributed by atoms with E-state index in [1.165, 1.54) is 5.57 Å². The van der Waals surface area contributed by atoms with Crippen molar-refractivity contribution in [2.45, 2.75) is 36.6 Å². The largest absolute Gasteiger partial charge is 0.488 e. The lowest BCUT2D eigenvalue weighted by atomic mass is 9.90. The monoisotopic (exact) mass is 256 g/mol. The van der Waals surface area contributed by atoms with Crippen molar-refractivity contribution in [1.29, 1.82) is 0 Å². The van der Waals surface area contributed by atoms with Gasteiger partial charge in [-0.1, -0.05) is 22.0 Å². The van der Waals surface area contributed by atoms with E-state index in [1.54, 1.807) is 0 Å². The van der Waals surface area contributed by atoms with Crippen LogP contribution in [0.3, 0.4) is 0 Å². The van der Waals surface area contributed by atoms with E-state index < -0.39 is 4.32 Å². The first-order valence-electron chi connectivity index (χ1n) is 4.70. The summed E-state index contributed by atoms with van der Waals surface area (Å²) in [5.41, 5.74) is 1.12. The molecule has 1 aliphatic heterocycles. The second-order valence-electron chi connectivity index (χ2n) is 4.56. The van der Waals surface area contributed by atoms with Crippen molar-refractivity contribution >= 4 is 22.2 Å². The lowest BCUT2D eigenvalue weighted by Gasteiger charge is -2.20. The predicted molar refractivity (Wildman–Crippen MR) is 58.3 cm³/mol. The predicted octanol–water partition coefficient (Wildman–Crippen LogP) is 2.73. The topological polar surface area (TPSA) is 26.3 Å². The number of hydrogen-bond donors (Lipinski definition) is 0. The molecule has 2 rings (SSSR count). The summed E-state index contributed by atoms with van der Waals surface area (Å²) in [5, 5.41) is 0. The van der Waals surface area contributed by atoms with Gasteiger partial charge >= 0.3 is 0 Å². The zero-order valence-electron chi connectivity index (χ0n) is 8.34. The summed E-state index contributed by atoms with van der Waals surface area (Å²) in [7, 11) is 0.